The van der Waals surface area contributed by atoms with E-state index in [1.54, 1.807) is 41.8 Å². The van der Waals surface area contributed by atoms with E-state index in [0.717, 1.165) is 0 Å². The number of nitro groups is 1. The van der Waals surface area contributed by atoms with Crippen molar-refractivity contribution in [3.05, 3.63) is 86.5 Å². The Bertz CT molecular complexity index is 1680. The van der Waals surface area contributed by atoms with Crippen LogP contribution in [-0.4, -0.2) is 41.5 Å². The molecule has 1 fully saturated rings. The molecule has 1 aromatic carbocycles. The van der Waals surface area contributed by atoms with Gasteiger partial charge in [0.1, 0.15) is 23.7 Å². The number of pyridine rings is 1. The number of halogens is 4. The normalized spacial score (nSPS) is 15.2. The summed E-state index contributed by atoms with van der Waals surface area (Å²) in [5.41, 5.74) is 2.83. The van der Waals surface area contributed by atoms with Gasteiger partial charge in [-0.05, 0) is 63.5 Å². The molecule has 1 saturated carbocycles. The van der Waals surface area contributed by atoms with E-state index in [-0.39, 0.29) is 11.6 Å². The third-order valence-electron chi connectivity index (χ3n) is 6.84. The van der Waals surface area contributed by atoms with Crippen molar-refractivity contribution in [2.75, 3.05) is 0 Å². The molecule has 1 aliphatic carbocycles. The van der Waals surface area contributed by atoms with Gasteiger partial charge in [-0.15, -0.1) is 5.10 Å². The van der Waals surface area contributed by atoms with E-state index in [9.17, 15) is 23.3 Å². The van der Waals surface area contributed by atoms with Crippen molar-refractivity contribution in [2.45, 2.75) is 51.4 Å². The number of aromatic nitrogens is 5. The Morgan fingerprint density at radius 3 is 2.67 bits per heavy atom. The van der Waals surface area contributed by atoms with Crippen molar-refractivity contribution in [3.63, 3.8) is 0 Å². The minimum Gasteiger partial charge on any atom is -0.478 e. The number of hydrogen-bond donors (Lipinski definition) is 0. The summed E-state index contributed by atoms with van der Waals surface area (Å²) in [4.78, 5) is 14.7. The summed E-state index contributed by atoms with van der Waals surface area (Å²) in [6.45, 7) is 8.28. The summed E-state index contributed by atoms with van der Waals surface area (Å²) in [6, 6.07) is 5.51. The van der Waals surface area contributed by atoms with E-state index in [1.807, 2.05) is 6.92 Å². The van der Waals surface area contributed by atoms with Crippen LogP contribution in [-0.2, 0) is 13.6 Å². The largest absolute Gasteiger partial charge is 0.478 e. The summed E-state index contributed by atoms with van der Waals surface area (Å²) in [5, 5.41) is 20.6. The van der Waals surface area contributed by atoms with Gasteiger partial charge in [-0.3, -0.25) is 9.36 Å². The van der Waals surface area contributed by atoms with Gasteiger partial charge in [0.15, 0.2) is 6.20 Å². The van der Waals surface area contributed by atoms with E-state index in [0.29, 0.717) is 44.5 Å². The lowest BCUT2D eigenvalue weighted by Crippen LogP contribution is -2.43. The molecule has 0 radical (unpaired) electrons. The standard InChI is InChI=1S/C28H26BrF3N6O4/c1-5-37-14-23(27(35-37)42-19-10-28(31,32)11-19)15(2)22-13-36(4)34-25(22)20-7-6-18(30)9-21(20)16(3)41-24-8-17(29)12-33-26(24)38(39)40/h6-9,12-14,16,19H,2,5,10-11H2,1,3-4H3/t16-/m1/s1. The van der Waals surface area contributed by atoms with Crippen LogP contribution in [0.5, 0.6) is 11.6 Å². The average Bonchev–Trinajstić information content (AvgIpc) is 3.50. The van der Waals surface area contributed by atoms with E-state index < -0.39 is 47.5 Å². The summed E-state index contributed by atoms with van der Waals surface area (Å²) in [7, 11) is 1.71. The minimum absolute atomic E-state index is 0.0990. The van der Waals surface area contributed by atoms with Crippen LogP contribution in [0.15, 0.2) is 53.9 Å². The molecular formula is C28H26BrF3N6O4. The van der Waals surface area contributed by atoms with Gasteiger partial charge < -0.3 is 19.6 Å². The SMILES string of the molecule is C=C(c1cn(CC)nc1OC1CC(F)(F)C1)c1cn(C)nc1-c1ccc(F)cc1[C@@H](C)Oc1cc(Br)cnc1[N+](=O)[O-]. The second kappa shape index (κ2) is 11.2. The highest BCUT2D eigenvalue weighted by molar-refractivity contribution is 9.10. The molecule has 0 aliphatic heterocycles. The Kier molecular flexibility index (Phi) is 7.84. The molecule has 0 amide bonds. The van der Waals surface area contributed by atoms with Crippen molar-refractivity contribution in [2.24, 2.45) is 7.05 Å². The van der Waals surface area contributed by atoms with Gasteiger partial charge in [-0.25, -0.2) is 13.2 Å². The first-order valence-corrected chi connectivity index (χ1v) is 13.8. The molecule has 1 aliphatic rings. The predicted octanol–water partition coefficient (Wildman–Crippen LogP) is 6.89. The Labute approximate surface area is 247 Å². The van der Waals surface area contributed by atoms with Crippen LogP contribution in [0, 0.1) is 15.9 Å². The van der Waals surface area contributed by atoms with Gasteiger partial charge in [0.05, 0.1) is 10.0 Å². The maximum Gasteiger partial charge on any atom is 0.406 e. The van der Waals surface area contributed by atoms with E-state index in [2.05, 4.69) is 37.7 Å². The zero-order valence-corrected chi connectivity index (χ0v) is 24.4. The Balaban J connectivity index is 1.53. The first-order valence-electron chi connectivity index (χ1n) is 13.0. The number of rotatable bonds is 10. The molecule has 220 valence electrons. The number of hydrogen-bond acceptors (Lipinski definition) is 7. The lowest BCUT2D eigenvalue weighted by Gasteiger charge is -2.34. The average molecular weight is 647 g/mol. The summed E-state index contributed by atoms with van der Waals surface area (Å²) in [6.07, 6.45) is 2.42. The molecule has 1 atom stereocenters. The number of nitrogens with zero attached hydrogens (tertiary/aromatic N) is 6. The number of alkyl halides is 2. The third-order valence-corrected chi connectivity index (χ3v) is 7.28. The molecule has 3 aromatic heterocycles. The zero-order chi connectivity index (χ0) is 30.3. The van der Waals surface area contributed by atoms with Gasteiger partial charge in [0, 0.05) is 61.6 Å². The van der Waals surface area contributed by atoms with Crippen LogP contribution in [0.4, 0.5) is 19.0 Å². The quantitative estimate of drug-likeness (QED) is 0.136. The van der Waals surface area contributed by atoms with Gasteiger partial charge in [0.2, 0.25) is 11.6 Å². The highest BCUT2D eigenvalue weighted by Crippen LogP contribution is 2.43. The molecule has 14 heteroatoms. The summed E-state index contributed by atoms with van der Waals surface area (Å²) in [5.74, 6) is -3.70. The van der Waals surface area contributed by atoms with Crippen molar-refractivity contribution in [1.29, 1.82) is 0 Å². The Morgan fingerprint density at radius 2 is 2.00 bits per heavy atom. The van der Waals surface area contributed by atoms with Crippen molar-refractivity contribution in [3.8, 4) is 22.9 Å². The molecule has 0 spiro atoms. The molecule has 0 N–H and O–H groups in total. The van der Waals surface area contributed by atoms with Crippen molar-refractivity contribution in [1.82, 2.24) is 24.5 Å². The monoisotopic (exact) mass is 646 g/mol. The minimum atomic E-state index is -2.75. The molecule has 5 rings (SSSR count). The van der Waals surface area contributed by atoms with Gasteiger partial charge in [-0.2, -0.15) is 5.10 Å². The number of aryl methyl sites for hydroxylation is 2. The second-order valence-electron chi connectivity index (χ2n) is 9.98. The van der Waals surface area contributed by atoms with Crippen molar-refractivity contribution < 1.29 is 27.6 Å². The number of benzene rings is 1. The van der Waals surface area contributed by atoms with Crippen LogP contribution in [0.2, 0.25) is 0 Å². The molecule has 0 unspecified atom stereocenters. The van der Waals surface area contributed by atoms with Gasteiger partial charge >= 0.3 is 5.82 Å². The van der Waals surface area contributed by atoms with Crippen LogP contribution in [0.25, 0.3) is 16.8 Å². The van der Waals surface area contributed by atoms with E-state index in [1.165, 1.54) is 24.4 Å². The molecule has 10 nitrogen and oxygen atoms in total. The number of ether oxygens (including phenoxy) is 2. The highest BCUT2D eigenvalue weighted by Gasteiger charge is 2.47. The lowest BCUT2D eigenvalue weighted by atomic mass is 9.91. The first kappa shape index (κ1) is 29.3. The maximum atomic E-state index is 14.6. The lowest BCUT2D eigenvalue weighted by molar-refractivity contribution is -0.390. The second-order valence-corrected chi connectivity index (χ2v) is 10.9. The van der Waals surface area contributed by atoms with E-state index in [4.69, 9.17) is 9.47 Å². The summed E-state index contributed by atoms with van der Waals surface area (Å²) >= 11 is 3.24. The van der Waals surface area contributed by atoms with Crippen molar-refractivity contribution >= 4 is 27.3 Å². The zero-order valence-electron chi connectivity index (χ0n) is 22.9. The van der Waals surface area contributed by atoms with Crippen LogP contribution >= 0.6 is 15.9 Å². The Hall–Kier alpha value is -4.20. The summed E-state index contributed by atoms with van der Waals surface area (Å²) < 4.78 is 57.0. The maximum absolute atomic E-state index is 14.6. The molecule has 0 saturated heterocycles. The van der Waals surface area contributed by atoms with Crippen LogP contribution < -0.4 is 9.47 Å². The molecule has 4 aromatic rings. The third kappa shape index (κ3) is 5.89. The highest BCUT2D eigenvalue weighted by atomic mass is 79.9. The molecule has 3 heterocycles. The fraction of sp³-hybridized carbons (Fsp3) is 0.321. The fourth-order valence-electron chi connectivity index (χ4n) is 4.74. The van der Waals surface area contributed by atoms with Gasteiger partial charge in [-0.1, -0.05) is 6.58 Å². The predicted molar refractivity (Wildman–Crippen MR) is 151 cm³/mol. The molecular weight excluding hydrogens is 621 g/mol. The van der Waals surface area contributed by atoms with Crippen LogP contribution in [0.3, 0.4) is 0 Å². The molecule has 42 heavy (non-hydrogen) atoms. The Morgan fingerprint density at radius 1 is 1.26 bits per heavy atom. The first-order chi connectivity index (χ1) is 19.8. The van der Waals surface area contributed by atoms with Gasteiger partial charge in [0.25, 0.3) is 5.92 Å². The van der Waals surface area contributed by atoms with Crippen LogP contribution in [0.1, 0.15) is 49.5 Å². The van der Waals surface area contributed by atoms with E-state index >= 15 is 0 Å². The smallest absolute Gasteiger partial charge is 0.406 e. The topological polar surface area (TPSA) is 110 Å². The fourth-order valence-corrected chi connectivity index (χ4v) is 5.05. The molecule has 0 bridgehead atoms.